The Morgan fingerprint density at radius 1 is 1.24 bits per heavy atom. The van der Waals surface area contributed by atoms with Gasteiger partial charge in [0, 0.05) is 5.56 Å². The first-order valence-electron chi connectivity index (χ1n) is 5.80. The summed E-state index contributed by atoms with van der Waals surface area (Å²) in [5.74, 6) is 2.70. The van der Waals surface area contributed by atoms with Crippen molar-refractivity contribution in [1.29, 1.82) is 0 Å². The fourth-order valence-corrected chi connectivity index (χ4v) is 2.40. The van der Waals surface area contributed by atoms with Gasteiger partial charge < -0.3 is 14.8 Å². The van der Waals surface area contributed by atoms with Crippen molar-refractivity contribution in [2.75, 3.05) is 19.1 Å². The Bertz CT molecular complexity index is 418. The van der Waals surface area contributed by atoms with Gasteiger partial charge in [-0.2, -0.15) is 0 Å². The molecular weight excluding hydrogens is 234 g/mol. The highest BCUT2D eigenvalue weighted by molar-refractivity contribution is 8.02. The van der Waals surface area contributed by atoms with Crippen molar-refractivity contribution in [2.24, 2.45) is 0 Å². The van der Waals surface area contributed by atoms with Crippen LogP contribution in [0.25, 0.3) is 5.70 Å². The second kappa shape index (κ2) is 5.87. The van der Waals surface area contributed by atoms with Gasteiger partial charge in [0.1, 0.15) is 11.5 Å². The van der Waals surface area contributed by atoms with E-state index in [2.05, 4.69) is 10.7 Å². The molecule has 92 valence electrons. The molecule has 0 atom stereocenters. The molecule has 0 saturated heterocycles. The van der Waals surface area contributed by atoms with Crippen LogP contribution < -0.4 is 14.8 Å². The molecule has 0 radical (unpaired) electrons. The standard InChI is InChI=1S/C13H17NO2S/c1-3-15-10-5-6-13(16-4-2)11(7-10)12-8-17-9-14-12/h5-8,14H,3-4,9H2,1-2H3. The summed E-state index contributed by atoms with van der Waals surface area (Å²) in [6, 6.07) is 5.94. The van der Waals surface area contributed by atoms with E-state index >= 15 is 0 Å². The zero-order valence-electron chi connectivity index (χ0n) is 10.2. The van der Waals surface area contributed by atoms with Crippen molar-refractivity contribution < 1.29 is 9.47 Å². The molecule has 2 rings (SSSR count). The Labute approximate surface area is 106 Å². The van der Waals surface area contributed by atoms with Gasteiger partial charge in [0.2, 0.25) is 0 Å². The minimum absolute atomic E-state index is 0.668. The van der Waals surface area contributed by atoms with Crippen molar-refractivity contribution in [3.8, 4) is 11.5 Å². The summed E-state index contributed by atoms with van der Waals surface area (Å²) < 4.78 is 11.2. The maximum atomic E-state index is 5.64. The number of ether oxygens (including phenoxy) is 2. The van der Waals surface area contributed by atoms with Crippen LogP contribution in [-0.4, -0.2) is 19.1 Å². The second-order valence-corrected chi connectivity index (χ2v) is 4.40. The SMILES string of the molecule is CCOc1ccc(OCC)c(C2=CSCN2)c1. The normalized spacial score (nSPS) is 14.1. The third kappa shape index (κ3) is 2.88. The predicted octanol–water partition coefficient (Wildman–Crippen LogP) is 3.08. The average Bonchev–Trinajstić information content (AvgIpc) is 2.85. The molecule has 3 nitrogen and oxygen atoms in total. The molecule has 1 N–H and O–H groups in total. The quantitative estimate of drug-likeness (QED) is 0.871. The minimum Gasteiger partial charge on any atom is -0.494 e. The number of hydrogen-bond donors (Lipinski definition) is 1. The number of thioether (sulfide) groups is 1. The minimum atomic E-state index is 0.668. The number of hydrogen-bond acceptors (Lipinski definition) is 4. The lowest BCUT2D eigenvalue weighted by atomic mass is 10.1. The molecule has 1 aromatic carbocycles. The van der Waals surface area contributed by atoms with Gasteiger partial charge in [-0.3, -0.25) is 0 Å². The molecule has 0 bridgehead atoms. The maximum Gasteiger partial charge on any atom is 0.128 e. The van der Waals surface area contributed by atoms with Crippen LogP contribution in [0.3, 0.4) is 0 Å². The molecule has 1 aliphatic rings. The number of nitrogens with one attached hydrogen (secondary N) is 1. The lowest BCUT2D eigenvalue weighted by Gasteiger charge is -2.13. The third-order valence-corrected chi connectivity index (χ3v) is 3.11. The molecule has 4 heteroatoms. The van der Waals surface area contributed by atoms with Crippen molar-refractivity contribution in [3.05, 3.63) is 29.2 Å². The van der Waals surface area contributed by atoms with Crippen LogP contribution >= 0.6 is 11.8 Å². The molecule has 1 aromatic rings. The van der Waals surface area contributed by atoms with E-state index in [1.54, 1.807) is 11.8 Å². The van der Waals surface area contributed by atoms with Gasteiger partial charge >= 0.3 is 0 Å². The predicted molar refractivity (Wildman–Crippen MR) is 72.4 cm³/mol. The smallest absolute Gasteiger partial charge is 0.128 e. The van der Waals surface area contributed by atoms with Crippen molar-refractivity contribution in [2.45, 2.75) is 13.8 Å². The summed E-state index contributed by atoms with van der Waals surface area (Å²) >= 11 is 1.75. The summed E-state index contributed by atoms with van der Waals surface area (Å²) in [5.41, 5.74) is 2.18. The fraction of sp³-hybridized carbons (Fsp3) is 0.385. The van der Waals surface area contributed by atoms with Crippen molar-refractivity contribution in [3.63, 3.8) is 0 Å². The summed E-state index contributed by atoms with van der Waals surface area (Å²) in [6.45, 7) is 5.32. The Morgan fingerprint density at radius 2 is 2.06 bits per heavy atom. The molecule has 0 spiro atoms. The number of rotatable bonds is 5. The molecule has 0 amide bonds. The average molecular weight is 251 g/mol. The summed E-state index contributed by atoms with van der Waals surface area (Å²) in [6.07, 6.45) is 0. The zero-order valence-corrected chi connectivity index (χ0v) is 11.0. The Morgan fingerprint density at radius 3 is 2.71 bits per heavy atom. The van der Waals surface area contributed by atoms with Crippen LogP contribution in [-0.2, 0) is 0 Å². The van der Waals surface area contributed by atoms with E-state index in [1.165, 1.54) is 0 Å². The maximum absolute atomic E-state index is 5.64. The highest BCUT2D eigenvalue weighted by atomic mass is 32.2. The van der Waals surface area contributed by atoms with Gasteiger partial charge in [-0.1, -0.05) is 0 Å². The summed E-state index contributed by atoms with van der Waals surface area (Å²) in [4.78, 5) is 0. The first kappa shape index (κ1) is 12.2. The van der Waals surface area contributed by atoms with Gasteiger partial charge in [0.15, 0.2) is 0 Å². The molecule has 17 heavy (non-hydrogen) atoms. The Hall–Kier alpha value is -1.29. The van der Waals surface area contributed by atoms with E-state index in [0.717, 1.165) is 28.6 Å². The number of benzene rings is 1. The molecular formula is C13H17NO2S. The zero-order chi connectivity index (χ0) is 12.1. The monoisotopic (exact) mass is 251 g/mol. The first-order chi connectivity index (χ1) is 8.35. The van der Waals surface area contributed by atoms with E-state index in [1.807, 2.05) is 32.0 Å². The van der Waals surface area contributed by atoms with Gasteiger partial charge in [-0.05, 0) is 37.5 Å². The van der Waals surface area contributed by atoms with E-state index in [4.69, 9.17) is 9.47 Å². The fourth-order valence-electron chi connectivity index (χ4n) is 1.70. The van der Waals surface area contributed by atoms with Crippen LogP contribution in [0.15, 0.2) is 23.6 Å². The van der Waals surface area contributed by atoms with Crippen molar-refractivity contribution in [1.82, 2.24) is 5.32 Å². The van der Waals surface area contributed by atoms with Gasteiger partial charge in [0.05, 0.1) is 24.8 Å². The molecule has 0 unspecified atom stereocenters. The molecule has 0 fully saturated rings. The second-order valence-electron chi connectivity index (χ2n) is 3.54. The van der Waals surface area contributed by atoms with Crippen LogP contribution in [0.5, 0.6) is 11.5 Å². The third-order valence-electron chi connectivity index (χ3n) is 2.40. The molecule has 0 aliphatic carbocycles. The van der Waals surface area contributed by atoms with Crippen LogP contribution in [0.2, 0.25) is 0 Å². The highest BCUT2D eigenvalue weighted by Crippen LogP contribution is 2.32. The summed E-state index contributed by atoms with van der Waals surface area (Å²) in [7, 11) is 0. The van der Waals surface area contributed by atoms with Crippen LogP contribution in [0.1, 0.15) is 19.4 Å². The van der Waals surface area contributed by atoms with E-state index in [9.17, 15) is 0 Å². The first-order valence-corrected chi connectivity index (χ1v) is 6.85. The lowest BCUT2D eigenvalue weighted by molar-refractivity contribution is 0.329. The van der Waals surface area contributed by atoms with Crippen LogP contribution in [0.4, 0.5) is 0 Å². The molecule has 1 heterocycles. The van der Waals surface area contributed by atoms with Crippen molar-refractivity contribution >= 4 is 17.5 Å². The van der Waals surface area contributed by atoms with Gasteiger partial charge in [-0.15, -0.1) is 11.8 Å². The summed E-state index contributed by atoms with van der Waals surface area (Å²) in [5, 5.41) is 5.45. The Balaban J connectivity index is 2.32. The molecule has 1 aliphatic heterocycles. The van der Waals surface area contributed by atoms with E-state index in [0.29, 0.717) is 13.2 Å². The largest absolute Gasteiger partial charge is 0.494 e. The van der Waals surface area contributed by atoms with E-state index < -0.39 is 0 Å². The van der Waals surface area contributed by atoms with Gasteiger partial charge in [-0.25, -0.2) is 0 Å². The van der Waals surface area contributed by atoms with Gasteiger partial charge in [0.25, 0.3) is 0 Å². The highest BCUT2D eigenvalue weighted by Gasteiger charge is 2.13. The van der Waals surface area contributed by atoms with E-state index in [-0.39, 0.29) is 0 Å². The van der Waals surface area contributed by atoms with Crippen LogP contribution in [0, 0.1) is 0 Å². The molecule has 0 aromatic heterocycles. The molecule has 0 saturated carbocycles. The topological polar surface area (TPSA) is 30.5 Å². The Kier molecular flexibility index (Phi) is 4.20. The lowest BCUT2D eigenvalue weighted by Crippen LogP contribution is -2.07.